The number of sulfonamides is 1. The zero-order valence-electron chi connectivity index (χ0n) is 16.6. The molecule has 2 rings (SSSR count). The third kappa shape index (κ3) is 5.57. The molecule has 0 aliphatic carbocycles. The number of anilines is 1. The summed E-state index contributed by atoms with van der Waals surface area (Å²) < 4.78 is 38.0. The third-order valence-electron chi connectivity index (χ3n) is 3.74. The van der Waals surface area contributed by atoms with Crippen molar-refractivity contribution in [1.82, 2.24) is 0 Å². The van der Waals surface area contributed by atoms with Gasteiger partial charge in [-0.1, -0.05) is 30.9 Å². The largest absolute Gasteiger partial charge is 0.489 e. The first-order chi connectivity index (χ1) is 14.2. The Morgan fingerprint density at radius 1 is 1.23 bits per heavy atom. The first-order valence-corrected chi connectivity index (χ1v) is 10.4. The lowest BCUT2D eigenvalue weighted by Gasteiger charge is -2.24. The van der Waals surface area contributed by atoms with Crippen molar-refractivity contribution in [3.8, 4) is 5.75 Å². The number of ether oxygens (including phenoxy) is 2. The van der Waals surface area contributed by atoms with Gasteiger partial charge < -0.3 is 9.47 Å². The Kier molecular flexibility index (Phi) is 7.54. The zero-order valence-corrected chi connectivity index (χ0v) is 17.4. The minimum atomic E-state index is -4.48. The van der Waals surface area contributed by atoms with E-state index in [1.165, 1.54) is 30.3 Å². The van der Waals surface area contributed by atoms with Gasteiger partial charge in [0.05, 0.1) is 16.7 Å². The monoisotopic (exact) mass is 434 g/mol. The maximum atomic E-state index is 13.4. The molecule has 0 radical (unpaired) electrons. The number of nitrogens with zero attached hydrogens (tertiary/aromatic N) is 2. The molecule has 0 aromatic heterocycles. The third-order valence-corrected chi connectivity index (χ3v) is 5.56. The van der Waals surface area contributed by atoms with Crippen LogP contribution in [-0.4, -0.2) is 38.6 Å². The number of nitro groups is 1. The molecule has 0 aliphatic rings. The van der Waals surface area contributed by atoms with Gasteiger partial charge in [-0.25, -0.2) is 8.42 Å². The highest BCUT2D eigenvalue weighted by Crippen LogP contribution is 2.31. The molecule has 0 amide bonds. The predicted octanol–water partition coefficient (Wildman–Crippen LogP) is 3.31. The van der Waals surface area contributed by atoms with Crippen LogP contribution in [0.5, 0.6) is 5.75 Å². The summed E-state index contributed by atoms with van der Waals surface area (Å²) in [6.45, 7) is 6.33. The summed E-state index contributed by atoms with van der Waals surface area (Å²) in [5.74, 6) is -0.461. The van der Waals surface area contributed by atoms with Crippen molar-refractivity contribution < 1.29 is 27.6 Å². The molecular formula is C20H22N2O7S. The summed E-state index contributed by atoms with van der Waals surface area (Å²) in [7, 11) is -4.48. The van der Waals surface area contributed by atoms with Crippen LogP contribution >= 0.6 is 0 Å². The van der Waals surface area contributed by atoms with Crippen molar-refractivity contribution in [2.24, 2.45) is 0 Å². The van der Waals surface area contributed by atoms with Gasteiger partial charge in [-0.3, -0.25) is 19.2 Å². The number of carbonyl (C=O) groups is 1. The number of para-hydroxylation sites is 1. The molecule has 9 nitrogen and oxygen atoms in total. The Morgan fingerprint density at radius 3 is 2.57 bits per heavy atom. The summed E-state index contributed by atoms with van der Waals surface area (Å²) in [5.41, 5.74) is -0.505. The molecule has 0 bridgehead atoms. The summed E-state index contributed by atoms with van der Waals surface area (Å²) in [5, 5.41) is 11.4. The fourth-order valence-electron chi connectivity index (χ4n) is 2.56. The molecule has 0 saturated carbocycles. The van der Waals surface area contributed by atoms with Crippen LogP contribution in [0.4, 0.5) is 11.4 Å². The van der Waals surface area contributed by atoms with Crippen molar-refractivity contribution in [2.45, 2.75) is 24.8 Å². The second kappa shape index (κ2) is 9.88. The average Bonchev–Trinajstić information content (AvgIpc) is 2.70. The molecule has 2 aromatic rings. The maximum absolute atomic E-state index is 13.4. The van der Waals surface area contributed by atoms with E-state index in [1.54, 1.807) is 26.0 Å². The Morgan fingerprint density at radius 2 is 1.93 bits per heavy atom. The van der Waals surface area contributed by atoms with Gasteiger partial charge in [-0.05, 0) is 32.0 Å². The molecule has 0 atom stereocenters. The molecule has 160 valence electrons. The molecule has 0 fully saturated rings. The molecular weight excluding hydrogens is 412 g/mol. The summed E-state index contributed by atoms with van der Waals surface area (Å²) in [6.07, 6.45) is 1.06. The standard InChI is InChI=1S/C20H22N2O7S/c1-4-12-28-17-9-7-8-16(13-17)21(14-20(23)29-15(2)3)30(26,27)19-11-6-5-10-18(19)22(24)25/h4-11,13,15H,1,12,14H2,2-3H3. The SMILES string of the molecule is C=CCOc1cccc(N(CC(=O)OC(C)C)S(=O)(=O)c2ccccc2[N+](=O)[O-])c1. The zero-order chi connectivity index (χ0) is 22.3. The Balaban J connectivity index is 2.57. The molecule has 0 N–H and O–H groups in total. The van der Waals surface area contributed by atoms with Crippen molar-refractivity contribution in [3.63, 3.8) is 0 Å². The highest BCUT2D eigenvalue weighted by molar-refractivity contribution is 7.93. The first-order valence-electron chi connectivity index (χ1n) is 8.96. The topological polar surface area (TPSA) is 116 Å². The van der Waals surface area contributed by atoms with Gasteiger partial charge in [0.1, 0.15) is 18.9 Å². The van der Waals surface area contributed by atoms with E-state index in [2.05, 4.69) is 6.58 Å². The second-order valence-corrected chi connectivity index (χ2v) is 8.20. The van der Waals surface area contributed by atoms with Gasteiger partial charge in [0, 0.05) is 12.1 Å². The smallest absolute Gasteiger partial charge is 0.327 e. The normalized spacial score (nSPS) is 11.0. The molecule has 2 aromatic carbocycles. The molecule has 0 spiro atoms. The average molecular weight is 434 g/mol. The van der Waals surface area contributed by atoms with E-state index in [-0.39, 0.29) is 12.3 Å². The lowest BCUT2D eigenvalue weighted by molar-refractivity contribution is -0.387. The van der Waals surface area contributed by atoms with E-state index in [1.807, 2.05) is 0 Å². The van der Waals surface area contributed by atoms with E-state index in [4.69, 9.17) is 9.47 Å². The molecule has 0 saturated heterocycles. The van der Waals surface area contributed by atoms with Crippen LogP contribution in [0.15, 0.2) is 66.1 Å². The summed E-state index contributed by atoms with van der Waals surface area (Å²) in [6, 6.07) is 11.0. The van der Waals surface area contributed by atoms with E-state index in [9.17, 15) is 23.3 Å². The van der Waals surface area contributed by atoms with E-state index in [0.29, 0.717) is 5.75 Å². The van der Waals surface area contributed by atoms with E-state index < -0.39 is 44.1 Å². The minimum absolute atomic E-state index is 0.0930. The first kappa shape index (κ1) is 22.9. The quantitative estimate of drug-likeness (QED) is 0.244. The number of hydrogen-bond acceptors (Lipinski definition) is 7. The van der Waals surface area contributed by atoms with Gasteiger partial charge >= 0.3 is 5.97 Å². The van der Waals surface area contributed by atoms with Gasteiger partial charge in [0.2, 0.25) is 0 Å². The van der Waals surface area contributed by atoms with Crippen molar-refractivity contribution in [2.75, 3.05) is 17.5 Å². The summed E-state index contributed by atoms with van der Waals surface area (Å²) >= 11 is 0. The van der Waals surface area contributed by atoms with Gasteiger partial charge in [0.25, 0.3) is 15.7 Å². The van der Waals surface area contributed by atoms with Crippen LogP contribution in [0, 0.1) is 10.1 Å². The highest BCUT2D eigenvalue weighted by Gasteiger charge is 2.33. The van der Waals surface area contributed by atoms with Crippen molar-refractivity contribution in [3.05, 3.63) is 71.3 Å². The number of nitro benzene ring substituents is 1. The molecule has 0 heterocycles. The number of benzene rings is 2. The lowest BCUT2D eigenvalue weighted by Crippen LogP contribution is -2.37. The van der Waals surface area contributed by atoms with Gasteiger partial charge in [0.15, 0.2) is 4.90 Å². The predicted molar refractivity (Wildman–Crippen MR) is 111 cm³/mol. The van der Waals surface area contributed by atoms with Crippen LogP contribution in [0.25, 0.3) is 0 Å². The fourth-order valence-corrected chi connectivity index (χ4v) is 4.12. The van der Waals surface area contributed by atoms with Crippen LogP contribution in [0.3, 0.4) is 0 Å². The molecule has 0 aliphatic heterocycles. The Hall–Kier alpha value is -3.40. The van der Waals surface area contributed by atoms with Crippen molar-refractivity contribution >= 4 is 27.4 Å². The van der Waals surface area contributed by atoms with Crippen LogP contribution < -0.4 is 9.04 Å². The lowest BCUT2D eigenvalue weighted by atomic mass is 10.3. The highest BCUT2D eigenvalue weighted by atomic mass is 32.2. The van der Waals surface area contributed by atoms with Crippen molar-refractivity contribution in [1.29, 1.82) is 0 Å². The number of esters is 1. The fraction of sp³-hybridized carbons (Fsp3) is 0.250. The minimum Gasteiger partial charge on any atom is -0.489 e. The van der Waals surface area contributed by atoms with Gasteiger partial charge in [-0.2, -0.15) is 0 Å². The van der Waals surface area contributed by atoms with E-state index >= 15 is 0 Å². The molecule has 30 heavy (non-hydrogen) atoms. The molecule has 10 heteroatoms. The van der Waals surface area contributed by atoms with Crippen LogP contribution in [0.1, 0.15) is 13.8 Å². The molecule has 0 unspecified atom stereocenters. The number of rotatable bonds is 10. The van der Waals surface area contributed by atoms with E-state index in [0.717, 1.165) is 16.4 Å². The summed E-state index contributed by atoms with van der Waals surface area (Å²) in [4.78, 5) is 22.3. The maximum Gasteiger partial charge on any atom is 0.327 e. The Bertz CT molecular complexity index is 1030. The number of carbonyl (C=O) groups excluding carboxylic acids is 1. The van der Waals surface area contributed by atoms with Gasteiger partial charge in [-0.15, -0.1) is 0 Å². The number of hydrogen-bond donors (Lipinski definition) is 0. The van der Waals surface area contributed by atoms with Crippen LogP contribution in [0.2, 0.25) is 0 Å². The van der Waals surface area contributed by atoms with Crippen LogP contribution in [-0.2, 0) is 19.6 Å². The Labute approximate surface area is 174 Å². The second-order valence-electron chi connectivity index (χ2n) is 6.37.